The molecule has 1 aromatic carbocycles. The fourth-order valence-corrected chi connectivity index (χ4v) is 2.93. The summed E-state index contributed by atoms with van der Waals surface area (Å²) in [6.07, 6.45) is -39.9. The standard InChI is InChI=1S/C17H3F17O4/c18-11(14(23,24)25,15(26,27)28)7(12(19,16(29,30)31)17(32,33)34)8(13(20,21)22)37-4-1-2-5-6(3-4)10(36)38-9(5)35/h1-3H. The summed E-state index contributed by atoms with van der Waals surface area (Å²) in [7, 11) is 0. The first-order valence-electron chi connectivity index (χ1n) is 8.68. The summed E-state index contributed by atoms with van der Waals surface area (Å²) < 4.78 is 235. The van der Waals surface area contributed by atoms with Crippen molar-refractivity contribution < 1.29 is 93.7 Å². The topological polar surface area (TPSA) is 52.6 Å². The molecule has 1 heterocycles. The minimum absolute atomic E-state index is 0.0930. The Kier molecular flexibility index (Phi) is 7.01. The molecule has 0 spiro atoms. The SMILES string of the molecule is O=C1OC(=O)c2cc(OC(=C(C(F)(C(F)(F)F)C(F)(F)F)C(F)(C(F)(F)F)C(F)(F)F)C(F)(F)F)ccc21. The van der Waals surface area contributed by atoms with Crippen molar-refractivity contribution in [3.63, 3.8) is 0 Å². The summed E-state index contributed by atoms with van der Waals surface area (Å²) in [6.45, 7) is 0. The number of benzene rings is 1. The molecule has 0 N–H and O–H groups in total. The molecule has 0 saturated carbocycles. The number of esters is 2. The van der Waals surface area contributed by atoms with Crippen LogP contribution in [-0.2, 0) is 4.74 Å². The fourth-order valence-electron chi connectivity index (χ4n) is 2.93. The van der Waals surface area contributed by atoms with Crippen LogP contribution in [0.5, 0.6) is 5.75 Å². The number of allylic oxidation sites excluding steroid dienone is 2. The number of ether oxygens (including phenoxy) is 2. The van der Waals surface area contributed by atoms with E-state index in [9.17, 15) is 84.2 Å². The molecule has 38 heavy (non-hydrogen) atoms. The highest BCUT2D eigenvalue weighted by atomic mass is 19.4. The molecule has 0 unspecified atom stereocenters. The smallest absolute Gasteiger partial charge is 0.449 e. The van der Waals surface area contributed by atoms with E-state index in [0.29, 0.717) is 0 Å². The first kappa shape index (κ1) is 30.9. The molecule has 1 aromatic rings. The number of fused-ring (bicyclic) bond motifs is 1. The number of carbonyl (C=O) groups is 2. The lowest BCUT2D eigenvalue weighted by Crippen LogP contribution is -2.67. The van der Waals surface area contributed by atoms with Crippen molar-refractivity contribution in [1.82, 2.24) is 0 Å². The van der Waals surface area contributed by atoms with Crippen molar-refractivity contribution in [2.24, 2.45) is 0 Å². The first-order valence-corrected chi connectivity index (χ1v) is 8.68. The lowest BCUT2D eigenvalue weighted by molar-refractivity contribution is -0.365. The van der Waals surface area contributed by atoms with Gasteiger partial charge in [-0.15, -0.1) is 0 Å². The lowest BCUT2D eigenvalue weighted by Gasteiger charge is -2.41. The van der Waals surface area contributed by atoms with Crippen molar-refractivity contribution in [2.45, 2.75) is 42.2 Å². The largest absolute Gasteiger partial charge is 0.452 e. The maximum absolute atomic E-state index is 14.6. The predicted molar refractivity (Wildman–Crippen MR) is 81.8 cm³/mol. The van der Waals surface area contributed by atoms with Crippen LogP contribution in [0.3, 0.4) is 0 Å². The summed E-state index contributed by atoms with van der Waals surface area (Å²) in [5.74, 6) is -10.0. The second-order valence-electron chi connectivity index (χ2n) is 7.00. The number of alkyl halides is 17. The number of hydrogen-bond donors (Lipinski definition) is 0. The van der Waals surface area contributed by atoms with Crippen LogP contribution in [0.15, 0.2) is 29.5 Å². The molecule has 0 aliphatic carbocycles. The van der Waals surface area contributed by atoms with Crippen molar-refractivity contribution in [2.75, 3.05) is 0 Å². The molecule has 0 radical (unpaired) electrons. The zero-order valence-corrected chi connectivity index (χ0v) is 16.8. The van der Waals surface area contributed by atoms with Gasteiger partial charge in [0.15, 0.2) is 0 Å². The van der Waals surface area contributed by atoms with E-state index >= 15 is 0 Å². The van der Waals surface area contributed by atoms with Gasteiger partial charge in [-0.05, 0) is 18.2 Å². The molecule has 0 amide bonds. The number of carbonyl (C=O) groups excluding carboxylic acids is 2. The second kappa shape index (κ2) is 8.61. The Morgan fingerprint density at radius 2 is 0.947 bits per heavy atom. The van der Waals surface area contributed by atoms with Gasteiger partial charge >= 0.3 is 54.2 Å². The van der Waals surface area contributed by atoms with Crippen molar-refractivity contribution in [1.29, 1.82) is 0 Å². The monoisotopic (exact) mass is 594 g/mol. The maximum Gasteiger partial charge on any atom is 0.449 e. The number of rotatable bonds is 4. The van der Waals surface area contributed by atoms with Gasteiger partial charge in [-0.25, -0.2) is 18.4 Å². The highest BCUT2D eigenvalue weighted by molar-refractivity contribution is 6.14. The van der Waals surface area contributed by atoms with E-state index < -0.39 is 82.4 Å². The third-order valence-electron chi connectivity index (χ3n) is 4.57. The van der Waals surface area contributed by atoms with Crippen LogP contribution in [0.25, 0.3) is 0 Å². The summed E-state index contributed by atoms with van der Waals surface area (Å²) in [5, 5.41) is 0. The highest BCUT2D eigenvalue weighted by Gasteiger charge is 2.88. The average molecular weight is 594 g/mol. The van der Waals surface area contributed by atoms with Crippen molar-refractivity contribution >= 4 is 11.9 Å². The summed E-state index contributed by atoms with van der Waals surface area (Å²) in [6, 6.07) is -0.115. The quantitative estimate of drug-likeness (QED) is 0.166. The summed E-state index contributed by atoms with van der Waals surface area (Å²) in [5.41, 5.74) is -24.4. The van der Waals surface area contributed by atoms with Crippen LogP contribution in [0, 0.1) is 0 Å². The third-order valence-corrected chi connectivity index (χ3v) is 4.57. The van der Waals surface area contributed by atoms with Gasteiger partial charge in [-0.2, -0.15) is 65.9 Å². The molecule has 1 aliphatic rings. The van der Waals surface area contributed by atoms with Gasteiger partial charge in [0.2, 0.25) is 5.76 Å². The van der Waals surface area contributed by atoms with E-state index in [1.54, 1.807) is 0 Å². The fraction of sp³-hybridized carbons (Fsp3) is 0.412. The van der Waals surface area contributed by atoms with Crippen molar-refractivity contribution in [3.8, 4) is 5.75 Å². The van der Waals surface area contributed by atoms with Gasteiger partial charge in [-0.1, -0.05) is 0 Å². The average Bonchev–Trinajstić information content (AvgIpc) is 2.96. The minimum atomic E-state index is -8.34. The molecule has 0 bridgehead atoms. The molecule has 214 valence electrons. The minimum Gasteiger partial charge on any atom is -0.452 e. The van der Waals surface area contributed by atoms with Gasteiger partial charge in [0.05, 0.1) is 16.7 Å². The normalized spacial score (nSPS) is 15.8. The zero-order chi connectivity index (χ0) is 30.1. The highest BCUT2D eigenvalue weighted by Crippen LogP contribution is 2.63. The molecule has 0 fully saturated rings. The van der Waals surface area contributed by atoms with E-state index in [4.69, 9.17) is 0 Å². The molecule has 2 rings (SSSR count). The third kappa shape index (κ3) is 4.69. The van der Waals surface area contributed by atoms with E-state index in [2.05, 4.69) is 9.47 Å². The van der Waals surface area contributed by atoms with Crippen molar-refractivity contribution in [3.05, 3.63) is 40.7 Å². The number of halogens is 17. The molecule has 21 heteroatoms. The van der Waals surface area contributed by atoms with E-state index in [-0.39, 0.29) is 18.2 Å². The Hall–Kier alpha value is -3.29. The Morgan fingerprint density at radius 1 is 0.579 bits per heavy atom. The molecule has 4 nitrogen and oxygen atoms in total. The second-order valence-corrected chi connectivity index (χ2v) is 7.00. The summed E-state index contributed by atoms with van der Waals surface area (Å²) in [4.78, 5) is 22.8. The predicted octanol–water partition coefficient (Wildman–Crippen LogP) is 6.86. The van der Waals surface area contributed by atoms with Crippen LogP contribution in [0.1, 0.15) is 20.7 Å². The van der Waals surface area contributed by atoms with Crippen LogP contribution in [0.2, 0.25) is 0 Å². The van der Waals surface area contributed by atoms with Gasteiger partial charge < -0.3 is 9.47 Å². The lowest BCUT2D eigenvalue weighted by atomic mass is 9.79. The van der Waals surface area contributed by atoms with Crippen LogP contribution in [-0.4, -0.2) is 54.2 Å². The van der Waals surface area contributed by atoms with Crippen LogP contribution in [0.4, 0.5) is 74.6 Å². The van der Waals surface area contributed by atoms with E-state index in [0.717, 1.165) is 0 Å². The van der Waals surface area contributed by atoms with Gasteiger partial charge in [0.25, 0.3) is 0 Å². The van der Waals surface area contributed by atoms with Crippen LogP contribution < -0.4 is 4.74 Å². The Bertz CT molecular complexity index is 1100. The Morgan fingerprint density at radius 3 is 1.29 bits per heavy atom. The molecular formula is C17H3F17O4. The maximum atomic E-state index is 14.6. The molecule has 0 atom stereocenters. The Labute approximate surface area is 195 Å². The molecule has 0 saturated heterocycles. The number of cyclic esters (lactones) is 2. The van der Waals surface area contributed by atoms with Gasteiger partial charge in [0, 0.05) is 0 Å². The molecule has 0 aromatic heterocycles. The van der Waals surface area contributed by atoms with Crippen LogP contribution >= 0.6 is 0 Å². The van der Waals surface area contributed by atoms with Gasteiger partial charge in [0.1, 0.15) is 5.75 Å². The van der Waals surface area contributed by atoms with E-state index in [1.807, 2.05) is 0 Å². The first-order chi connectivity index (χ1) is 16.6. The Balaban J connectivity index is 3.18. The number of hydrogen-bond acceptors (Lipinski definition) is 4. The zero-order valence-electron chi connectivity index (χ0n) is 16.8. The molecule has 1 aliphatic heterocycles. The van der Waals surface area contributed by atoms with Gasteiger partial charge in [-0.3, -0.25) is 0 Å². The summed E-state index contributed by atoms with van der Waals surface area (Å²) >= 11 is 0. The molecular weight excluding hydrogens is 591 g/mol. The van der Waals surface area contributed by atoms with E-state index in [1.165, 1.54) is 0 Å².